The van der Waals surface area contributed by atoms with Gasteiger partial charge in [-0.1, -0.05) is 146 Å². The highest BCUT2D eigenvalue weighted by molar-refractivity contribution is 6.10. The lowest BCUT2D eigenvalue weighted by Crippen LogP contribution is -2.09. The molecule has 268 valence electrons. The summed E-state index contributed by atoms with van der Waals surface area (Å²) in [7, 11) is 0. The van der Waals surface area contributed by atoms with Gasteiger partial charge < -0.3 is 13.7 Å². The fourth-order valence-electron chi connectivity index (χ4n) is 8.22. The zero-order valence-corrected chi connectivity index (χ0v) is 31.0. The van der Waals surface area contributed by atoms with Crippen LogP contribution in [0.5, 0.6) is 0 Å². The first-order chi connectivity index (χ1) is 28.2. The maximum atomic E-state index is 6.47. The van der Waals surface area contributed by atoms with E-state index < -0.39 is 0 Å². The van der Waals surface area contributed by atoms with Gasteiger partial charge in [0.2, 0.25) is 0 Å². The molecule has 3 nitrogen and oxygen atoms in total. The summed E-state index contributed by atoms with van der Waals surface area (Å²) in [6.07, 6.45) is 0. The molecule has 0 atom stereocenters. The highest BCUT2D eigenvalue weighted by Crippen LogP contribution is 2.41. The molecule has 57 heavy (non-hydrogen) atoms. The third kappa shape index (κ3) is 5.85. The first kappa shape index (κ1) is 32.8. The third-order valence-electron chi connectivity index (χ3n) is 11.1. The summed E-state index contributed by atoms with van der Waals surface area (Å²) in [5.41, 5.74) is 16.1. The van der Waals surface area contributed by atoms with Gasteiger partial charge in [-0.25, -0.2) is 0 Å². The standard InChI is InChI=1S/C54H35NO2/c1-3-10-36(11-4-1)37-18-26-43(27-19-37)55(44-28-20-38(21-29-44)41-24-32-52-49(34-41)47-14-7-8-17-51(47)56-52)45-30-22-39(23-31-45)42-25-33-53-50(35-42)48-16-9-15-46(54(48)57-53)40-12-5-2-6-13-40/h1-35H. The quantitative estimate of drug-likeness (QED) is 0.164. The molecule has 9 aromatic carbocycles. The Morgan fingerprint density at radius 1 is 0.263 bits per heavy atom. The van der Waals surface area contributed by atoms with Gasteiger partial charge in [-0.2, -0.15) is 0 Å². The van der Waals surface area contributed by atoms with E-state index in [2.05, 4.69) is 199 Å². The Balaban J connectivity index is 0.957. The van der Waals surface area contributed by atoms with Gasteiger partial charge in [-0.05, 0) is 106 Å². The van der Waals surface area contributed by atoms with Crippen molar-refractivity contribution in [3.8, 4) is 44.5 Å². The number of nitrogens with zero attached hydrogens (tertiary/aromatic N) is 1. The van der Waals surface area contributed by atoms with Gasteiger partial charge in [-0.15, -0.1) is 0 Å². The molecule has 0 unspecified atom stereocenters. The lowest BCUT2D eigenvalue weighted by atomic mass is 9.99. The second-order valence-electron chi connectivity index (χ2n) is 14.5. The molecule has 0 aliphatic rings. The molecule has 0 bridgehead atoms. The molecule has 2 aromatic heterocycles. The number of benzene rings is 9. The topological polar surface area (TPSA) is 29.5 Å². The zero-order valence-electron chi connectivity index (χ0n) is 31.0. The summed E-state index contributed by atoms with van der Waals surface area (Å²) >= 11 is 0. The largest absolute Gasteiger partial charge is 0.456 e. The van der Waals surface area contributed by atoms with Crippen LogP contribution in [0.25, 0.3) is 88.4 Å². The van der Waals surface area contributed by atoms with Crippen LogP contribution in [0.3, 0.4) is 0 Å². The van der Waals surface area contributed by atoms with Crippen LogP contribution in [0, 0.1) is 0 Å². The van der Waals surface area contributed by atoms with Gasteiger partial charge >= 0.3 is 0 Å². The summed E-state index contributed by atoms with van der Waals surface area (Å²) in [6, 6.07) is 75.2. The molecule has 0 spiro atoms. The van der Waals surface area contributed by atoms with E-state index in [0.29, 0.717) is 0 Å². The summed E-state index contributed by atoms with van der Waals surface area (Å²) < 4.78 is 12.6. The van der Waals surface area contributed by atoms with E-state index in [1.54, 1.807) is 0 Å². The van der Waals surface area contributed by atoms with E-state index in [1.807, 2.05) is 18.2 Å². The summed E-state index contributed by atoms with van der Waals surface area (Å²) in [5, 5.41) is 4.50. The Bertz CT molecular complexity index is 3200. The fourth-order valence-corrected chi connectivity index (χ4v) is 8.22. The lowest BCUT2D eigenvalue weighted by Gasteiger charge is -2.26. The van der Waals surface area contributed by atoms with E-state index in [-0.39, 0.29) is 0 Å². The predicted octanol–water partition coefficient (Wildman–Crippen LogP) is 15.6. The van der Waals surface area contributed by atoms with Crippen molar-refractivity contribution >= 4 is 60.9 Å². The van der Waals surface area contributed by atoms with Crippen LogP contribution in [0.1, 0.15) is 0 Å². The van der Waals surface area contributed by atoms with Crippen LogP contribution < -0.4 is 4.90 Å². The molecule has 0 fully saturated rings. The Kier molecular flexibility index (Phi) is 7.82. The maximum Gasteiger partial charge on any atom is 0.143 e. The van der Waals surface area contributed by atoms with Crippen molar-refractivity contribution in [1.29, 1.82) is 0 Å². The Morgan fingerprint density at radius 3 is 1.28 bits per heavy atom. The van der Waals surface area contributed by atoms with Crippen LogP contribution in [0.15, 0.2) is 221 Å². The van der Waals surface area contributed by atoms with Gasteiger partial charge in [-0.3, -0.25) is 0 Å². The molecule has 2 heterocycles. The fraction of sp³-hybridized carbons (Fsp3) is 0. The first-order valence-electron chi connectivity index (χ1n) is 19.3. The van der Waals surface area contributed by atoms with Crippen molar-refractivity contribution in [1.82, 2.24) is 0 Å². The SMILES string of the molecule is c1ccc(-c2ccc(N(c3ccc(-c4ccc5oc6ccccc6c5c4)cc3)c3ccc(-c4ccc5oc6c(-c7ccccc7)cccc6c5c4)cc3)cc2)cc1. The first-order valence-corrected chi connectivity index (χ1v) is 19.3. The van der Waals surface area contributed by atoms with E-state index >= 15 is 0 Å². The molecular formula is C54H35NO2. The molecule has 3 heteroatoms. The molecular weight excluding hydrogens is 695 g/mol. The minimum absolute atomic E-state index is 0.889. The highest BCUT2D eigenvalue weighted by atomic mass is 16.3. The smallest absolute Gasteiger partial charge is 0.143 e. The van der Waals surface area contributed by atoms with Crippen molar-refractivity contribution in [3.05, 3.63) is 212 Å². The van der Waals surface area contributed by atoms with Crippen LogP contribution in [-0.4, -0.2) is 0 Å². The summed E-state index contributed by atoms with van der Waals surface area (Å²) in [4.78, 5) is 2.33. The Morgan fingerprint density at radius 2 is 0.684 bits per heavy atom. The van der Waals surface area contributed by atoms with Crippen LogP contribution in [-0.2, 0) is 0 Å². The number of rotatable bonds is 7. The van der Waals surface area contributed by atoms with Crippen molar-refractivity contribution < 1.29 is 8.83 Å². The molecule has 0 aliphatic heterocycles. The van der Waals surface area contributed by atoms with Gasteiger partial charge in [0.25, 0.3) is 0 Å². The van der Waals surface area contributed by atoms with Crippen LogP contribution in [0.2, 0.25) is 0 Å². The second kappa shape index (κ2) is 13.6. The number of para-hydroxylation sites is 2. The molecule has 0 saturated heterocycles. The highest BCUT2D eigenvalue weighted by Gasteiger charge is 2.16. The van der Waals surface area contributed by atoms with Crippen LogP contribution in [0.4, 0.5) is 17.1 Å². The monoisotopic (exact) mass is 729 g/mol. The minimum Gasteiger partial charge on any atom is -0.456 e. The van der Waals surface area contributed by atoms with E-state index in [0.717, 1.165) is 94.3 Å². The predicted molar refractivity (Wildman–Crippen MR) is 237 cm³/mol. The van der Waals surface area contributed by atoms with Gasteiger partial charge in [0.15, 0.2) is 0 Å². The number of furan rings is 2. The van der Waals surface area contributed by atoms with Gasteiger partial charge in [0.1, 0.15) is 22.3 Å². The summed E-state index contributed by atoms with van der Waals surface area (Å²) in [6.45, 7) is 0. The average Bonchev–Trinajstić information content (AvgIpc) is 3.86. The molecule has 11 aromatic rings. The number of hydrogen-bond acceptors (Lipinski definition) is 3. The average molecular weight is 730 g/mol. The maximum absolute atomic E-state index is 6.47. The van der Waals surface area contributed by atoms with Gasteiger partial charge in [0, 0.05) is 44.2 Å². The van der Waals surface area contributed by atoms with Crippen molar-refractivity contribution in [3.63, 3.8) is 0 Å². The second-order valence-corrected chi connectivity index (χ2v) is 14.5. The minimum atomic E-state index is 0.889. The summed E-state index contributed by atoms with van der Waals surface area (Å²) in [5.74, 6) is 0. The van der Waals surface area contributed by atoms with Crippen molar-refractivity contribution in [2.45, 2.75) is 0 Å². The number of anilines is 3. The number of fused-ring (bicyclic) bond motifs is 6. The van der Waals surface area contributed by atoms with Crippen LogP contribution >= 0.6 is 0 Å². The van der Waals surface area contributed by atoms with Crippen molar-refractivity contribution in [2.75, 3.05) is 4.90 Å². The zero-order chi connectivity index (χ0) is 37.7. The van der Waals surface area contributed by atoms with Crippen molar-refractivity contribution in [2.24, 2.45) is 0 Å². The van der Waals surface area contributed by atoms with E-state index in [9.17, 15) is 0 Å². The normalized spacial score (nSPS) is 11.5. The lowest BCUT2D eigenvalue weighted by molar-refractivity contribution is 0.669. The van der Waals surface area contributed by atoms with Gasteiger partial charge in [0.05, 0.1) is 0 Å². The molecule has 0 aliphatic carbocycles. The third-order valence-corrected chi connectivity index (χ3v) is 11.1. The Hall–Kier alpha value is -7.62. The number of hydrogen-bond donors (Lipinski definition) is 0. The molecule has 0 N–H and O–H groups in total. The molecule has 0 saturated carbocycles. The molecule has 0 amide bonds. The molecule has 11 rings (SSSR count). The molecule has 0 radical (unpaired) electrons. The van der Waals surface area contributed by atoms with E-state index in [4.69, 9.17) is 8.83 Å². The van der Waals surface area contributed by atoms with E-state index in [1.165, 1.54) is 11.1 Å². The Labute approximate surface area is 330 Å².